The van der Waals surface area contributed by atoms with E-state index in [1.54, 1.807) is 17.6 Å². The molecule has 1 unspecified atom stereocenters. The lowest BCUT2D eigenvalue weighted by Gasteiger charge is -2.08. The van der Waals surface area contributed by atoms with Gasteiger partial charge in [-0.1, -0.05) is 0 Å². The zero-order valence-electron chi connectivity index (χ0n) is 10.4. The van der Waals surface area contributed by atoms with Crippen LogP contribution in [0.25, 0.3) is 10.2 Å². The fourth-order valence-corrected chi connectivity index (χ4v) is 2.69. The summed E-state index contributed by atoms with van der Waals surface area (Å²) in [6, 6.07) is 2.00. The van der Waals surface area contributed by atoms with Crippen LogP contribution >= 0.6 is 11.3 Å². The first-order chi connectivity index (χ1) is 8.70. The quantitative estimate of drug-likeness (QED) is 0.848. The van der Waals surface area contributed by atoms with E-state index in [1.807, 2.05) is 18.4 Å². The van der Waals surface area contributed by atoms with Gasteiger partial charge in [0.2, 0.25) is 5.95 Å². The van der Waals surface area contributed by atoms with E-state index in [9.17, 15) is 4.21 Å². The minimum Gasteiger partial charge on any atom is -0.368 e. The van der Waals surface area contributed by atoms with Gasteiger partial charge in [0, 0.05) is 35.9 Å². The van der Waals surface area contributed by atoms with E-state index in [0.717, 1.165) is 22.6 Å². The zero-order valence-corrected chi connectivity index (χ0v) is 12.0. The van der Waals surface area contributed by atoms with Crippen LogP contribution in [-0.2, 0) is 10.8 Å². The van der Waals surface area contributed by atoms with Crippen LogP contribution < -0.4 is 10.6 Å². The number of nitrogens with zero attached hydrogens (tertiary/aromatic N) is 2. The summed E-state index contributed by atoms with van der Waals surface area (Å²) in [6.07, 6.45) is 1.70. The molecule has 0 amide bonds. The van der Waals surface area contributed by atoms with E-state index in [1.165, 1.54) is 0 Å². The third-order valence-electron chi connectivity index (χ3n) is 2.34. The van der Waals surface area contributed by atoms with Gasteiger partial charge in [-0.2, -0.15) is 4.98 Å². The van der Waals surface area contributed by atoms with Crippen LogP contribution in [0.3, 0.4) is 0 Å². The third-order valence-corrected chi connectivity index (χ3v) is 3.93. The number of hydrogen-bond acceptors (Lipinski definition) is 6. The van der Waals surface area contributed by atoms with Gasteiger partial charge in [-0.25, -0.2) is 4.98 Å². The van der Waals surface area contributed by atoms with Crippen molar-refractivity contribution in [2.75, 3.05) is 35.7 Å². The summed E-state index contributed by atoms with van der Waals surface area (Å²) in [5, 5.41) is 9.36. The van der Waals surface area contributed by atoms with Gasteiger partial charge in [-0.05, 0) is 18.4 Å². The molecule has 2 N–H and O–H groups in total. The smallest absolute Gasteiger partial charge is 0.226 e. The summed E-state index contributed by atoms with van der Waals surface area (Å²) in [5.74, 6) is 2.06. The molecule has 98 valence electrons. The van der Waals surface area contributed by atoms with Crippen LogP contribution in [0.1, 0.15) is 6.92 Å². The fourth-order valence-electron chi connectivity index (χ4n) is 1.54. The second-order valence-electron chi connectivity index (χ2n) is 3.77. The summed E-state index contributed by atoms with van der Waals surface area (Å²) in [4.78, 5) is 9.82. The maximum Gasteiger partial charge on any atom is 0.226 e. The third kappa shape index (κ3) is 3.17. The minimum atomic E-state index is -0.791. The van der Waals surface area contributed by atoms with Gasteiger partial charge < -0.3 is 10.6 Å². The van der Waals surface area contributed by atoms with Crippen LogP contribution in [0.2, 0.25) is 0 Å². The predicted molar refractivity (Wildman–Crippen MR) is 79.0 cm³/mol. The molecule has 0 spiro atoms. The van der Waals surface area contributed by atoms with Crippen molar-refractivity contribution in [3.05, 3.63) is 11.4 Å². The highest BCUT2D eigenvalue weighted by Crippen LogP contribution is 2.26. The highest BCUT2D eigenvalue weighted by molar-refractivity contribution is 7.84. The molecule has 0 fully saturated rings. The van der Waals surface area contributed by atoms with Gasteiger partial charge in [0.25, 0.3) is 0 Å². The number of thiophene rings is 1. The Bertz CT molecular complexity index is 555. The van der Waals surface area contributed by atoms with Gasteiger partial charge in [0.1, 0.15) is 10.6 Å². The molecule has 1 atom stereocenters. The van der Waals surface area contributed by atoms with E-state index in [-0.39, 0.29) is 0 Å². The van der Waals surface area contributed by atoms with Gasteiger partial charge >= 0.3 is 0 Å². The van der Waals surface area contributed by atoms with Crippen molar-refractivity contribution in [2.45, 2.75) is 6.92 Å². The first-order valence-corrected chi connectivity index (χ1v) is 8.34. The molecule has 0 radical (unpaired) electrons. The molecule has 0 aliphatic carbocycles. The zero-order chi connectivity index (χ0) is 13.0. The topological polar surface area (TPSA) is 66.9 Å². The minimum absolute atomic E-state index is 0.617. The highest BCUT2D eigenvalue weighted by Gasteiger charge is 2.08. The molecule has 0 saturated carbocycles. The van der Waals surface area contributed by atoms with Crippen molar-refractivity contribution in [2.24, 2.45) is 0 Å². The first-order valence-electron chi connectivity index (χ1n) is 5.73. The van der Waals surface area contributed by atoms with Crippen molar-refractivity contribution >= 4 is 44.1 Å². The van der Waals surface area contributed by atoms with E-state index in [0.29, 0.717) is 18.2 Å². The Morgan fingerprint density at radius 2 is 2.22 bits per heavy atom. The molecule has 2 heterocycles. The lowest BCUT2D eigenvalue weighted by atomic mass is 10.4. The van der Waals surface area contributed by atoms with Gasteiger partial charge in [0.05, 0.1) is 5.39 Å². The molecule has 0 saturated heterocycles. The molecular formula is C11H16N4OS2. The number of fused-ring (bicyclic) bond motifs is 1. The molecule has 2 aromatic rings. The predicted octanol–water partition coefficient (Wildman–Crippen LogP) is 1.91. The molecule has 7 heteroatoms. The van der Waals surface area contributed by atoms with Crippen molar-refractivity contribution in [1.82, 2.24) is 9.97 Å². The Morgan fingerprint density at radius 3 is 2.94 bits per heavy atom. The van der Waals surface area contributed by atoms with Crippen LogP contribution in [-0.4, -0.2) is 39.3 Å². The Balaban J connectivity index is 2.22. The average Bonchev–Trinajstić information content (AvgIpc) is 2.77. The van der Waals surface area contributed by atoms with Gasteiger partial charge in [-0.3, -0.25) is 4.21 Å². The molecule has 0 aliphatic rings. The summed E-state index contributed by atoms with van der Waals surface area (Å²) < 4.78 is 11.0. The Kier molecular flexibility index (Phi) is 4.48. The van der Waals surface area contributed by atoms with Gasteiger partial charge in [0.15, 0.2) is 0 Å². The lowest BCUT2D eigenvalue weighted by molar-refractivity contribution is 0.687. The van der Waals surface area contributed by atoms with Crippen LogP contribution in [0.5, 0.6) is 0 Å². The number of rotatable bonds is 6. The lowest BCUT2D eigenvalue weighted by Crippen LogP contribution is -2.12. The first kappa shape index (κ1) is 13.2. The molecule has 2 aromatic heterocycles. The largest absolute Gasteiger partial charge is 0.368 e. The second kappa shape index (κ2) is 6.10. The Labute approximate surface area is 112 Å². The van der Waals surface area contributed by atoms with Crippen LogP contribution in [0, 0.1) is 0 Å². The van der Waals surface area contributed by atoms with Gasteiger partial charge in [-0.15, -0.1) is 11.3 Å². The van der Waals surface area contributed by atoms with Crippen molar-refractivity contribution in [1.29, 1.82) is 0 Å². The number of aromatic nitrogens is 2. The molecule has 0 aliphatic heterocycles. The SMILES string of the molecule is CCNc1nc(NCCS(C)=O)c2ccsc2n1. The van der Waals surface area contributed by atoms with Crippen molar-refractivity contribution in [3.63, 3.8) is 0 Å². The van der Waals surface area contributed by atoms with Crippen LogP contribution in [0.15, 0.2) is 11.4 Å². The molecule has 5 nitrogen and oxygen atoms in total. The number of hydrogen-bond donors (Lipinski definition) is 2. The number of nitrogens with one attached hydrogen (secondary N) is 2. The molecule has 18 heavy (non-hydrogen) atoms. The molecule has 0 bridgehead atoms. The number of anilines is 2. The van der Waals surface area contributed by atoms with Crippen molar-refractivity contribution in [3.8, 4) is 0 Å². The molecule has 2 rings (SSSR count). The van der Waals surface area contributed by atoms with Crippen molar-refractivity contribution < 1.29 is 4.21 Å². The molecular weight excluding hydrogens is 268 g/mol. The highest BCUT2D eigenvalue weighted by atomic mass is 32.2. The summed E-state index contributed by atoms with van der Waals surface area (Å²) >= 11 is 1.59. The van der Waals surface area contributed by atoms with E-state index >= 15 is 0 Å². The standard InChI is InChI=1S/C11H16N4OS2/c1-3-12-11-14-9(13-5-7-18(2)16)8-4-6-17-10(8)15-11/h4,6H,3,5,7H2,1-2H3,(H2,12,13,14,15). The monoisotopic (exact) mass is 284 g/mol. The molecule has 0 aromatic carbocycles. The Hall–Kier alpha value is -1.21. The second-order valence-corrected chi connectivity index (χ2v) is 6.22. The fraction of sp³-hybridized carbons (Fsp3) is 0.455. The Morgan fingerprint density at radius 1 is 1.39 bits per heavy atom. The normalized spacial score (nSPS) is 12.6. The maximum atomic E-state index is 11.0. The van der Waals surface area contributed by atoms with E-state index in [2.05, 4.69) is 20.6 Å². The van der Waals surface area contributed by atoms with E-state index in [4.69, 9.17) is 0 Å². The summed E-state index contributed by atoms with van der Waals surface area (Å²) in [5.41, 5.74) is 0. The maximum absolute atomic E-state index is 11.0. The van der Waals surface area contributed by atoms with Crippen LogP contribution in [0.4, 0.5) is 11.8 Å². The summed E-state index contributed by atoms with van der Waals surface area (Å²) in [7, 11) is -0.791. The van der Waals surface area contributed by atoms with E-state index < -0.39 is 10.8 Å². The average molecular weight is 284 g/mol. The summed E-state index contributed by atoms with van der Waals surface area (Å²) in [6.45, 7) is 3.45.